The SMILES string of the molecule is CCCCCCCC1CCC(CCc2ccc(-c3ccc(CCCCC)c(F)c3F)nn2)CC1. The molecule has 0 bridgehead atoms. The van der Waals surface area contributed by atoms with Crippen molar-refractivity contribution in [1.82, 2.24) is 10.2 Å². The van der Waals surface area contributed by atoms with Crippen molar-refractivity contribution in [2.24, 2.45) is 11.8 Å². The van der Waals surface area contributed by atoms with Crippen molar-refractivity contribution >= 4 is 0 Å². The minimum absolute atomic E-state index is 0.198. The normalized spacial score (nSPS) is 18.4. The number of rotatable bonds is 14. The largest absolute Gasteiger partial charge is 0.203 e. The molecule has 1 fully saturated rings. The van der Waals surface area contributed by atoms with E-state index >= 15 is 0 Å². The third-order valence-electron chi connectivity index (χ3n) is 7.70. The van der Waals surface area contributed by atoms with E-state index in [0.717, 1.165) is 49.6 Å². The summed E-state index contributed by atoms with van der Waals surface area (Å²) >= 11 is 0. The van der Waals surface area contributed by atoms with Crippen molar-refractivity contribution in [1.29, 1.82) is 0 Å². The molecular formula is C30H44F2N2. The number of aryl methyl sites for hydroxylation is 2. The molecule has 0 aliphatic heterocycles. The summed E-state index contributed by atoms with van der Waals surface area (Å²) in [6.45, 7) is 4.37. The summed E-state index contributed by atoms with van der Waals surface area (Å²) in [5.41, 5.74) is 1.99. The van der Waals surface area contributed by atoms with Crippen LogP contribution < -0.4 is 0 Å². The molecule has 1 saturated carbocycles. The van der Waals surface area contributed by atoms with E-state index in [2.05, 4.69) is 24.0 Å². The Kier molecular flexibility index (Phi) is 11.4. The molecule has 1 aliphatic carbocycles. The highest BCUT2D eigenvalue weighted by Gasteiger charge is 2.21. The van der Waals surface area contributed by atoms with Crippen LogP contribution in [0.1, 0.15) is 115 Å². The zero-order valence-corrected chi connectivity index (χ0v) is 21.4. The first-order valence-electron chi connectivity index (χ1n) is 13.9. The first-order valence-corrected chi connectivity index (χ1v) is 13.9. The standard InChI is InChI=1S/C30H44F2N2/c1-3-5-7-8-10-11-23-13-15-24(16-14-23)17-19-26-20-22-28(34-33-26)27-21-18-25(12-9-6-4-2)29(31)30(27)32/h18,20-24H,3-17,19H2,1-2H3. The van der Waals surface area contributed by atoms with Gasteiger partial charge in [-0.3, -0.25) is 0 Å². The van der Waals surface area contributed by atoms with Crippen LogP contribution >= 0.6 is 0 Å². The van der Waals surface area contributed by atoms with Crippen molar-refractivity contribution in [3.63, 3.8) is 0 Å². The molecule has 34 heavy (non-hydrogen) atoms. The van der Waals surface area contributed by atoms with Crippen LogP contribution in [0.5, 0.6) is 0 Å². The van der Waals surface area contributed by atoms with E-state index in [4.69, 9.17) is 0 Å². The number of nitrogens with zero attached hydrogens (tertiary/aromatic N) is 2. The third kappa shape index (κ3) is 8.13. The Hall–Kier alpha value is -1.84. The molecule has 2 nitrogen and oxygen atoms in total. The van der Waals surface area contributed by atoms with Gasteiger partial charge in [0.05, 0.1) is 11.4 Å². The zero-order chi connectivity index (χ0) is 24.2. The Balaban J connectivity index is 1.44. The second-order valence-electron chi connectivity index (χ2n) is 10.4. The van der Waals surface area contributed by atoms with Gasteiger partial charge in [-0.2, -0.15) is 10.2 Å². The fourth-order valence-corrected chi connectivity index (χ4v) is 5.38. The van der Waals surface area contributed by atoms with Gasteiger partial charge in [0.25, 0.3) is 0 Å². The number of hydrogen-bond donors (Lipinski definition) is 0. The predicted octanol–water partition coefficient (Wildman–Crippen LogP) is 9.25. The minimum Gasteiger partial charge on any atom is -0.203 e. The molecule has 0 amide bonds. The fraction of sp³-hybridized carbons (Fsp3) is 0.667. The number of benzene rings is 1. The second-order valence-corrected chi connectivity index (χ2v) is 10.4. The number of unbranched alkanes of at least 4 members (excludes halogenated alkanes) is 6. The molecule has 0 spiro atoms. The lowest BCUT2D eigenvalue weighted by molar-refractivity contribution is 0.248. The number of aromatic nitrogens is 2. The lowest BCUT2D eigenvalue weighted by Crippen LogP contribution is -2.15. The van der Waals surface area contributed by atoms with Crippen LogP contribution in [0.3, 0.4) is 0 Å². The molecule has 0 radical (unpaired) electrons. The Morgan fingerprint density at radius 3 is 2.03 bits per heavy atom. The zero-order valence-electron chi connectivity index (χ0n) is 21.4. The molecule has 0 N–H and O–H groups in total. The molecule has 0 saturated heterocycles. The van der Waals surface area contributed by atoms with Gasteiger partial charge < -0.3 is 0 Å². The van der Waals surface area contributed by atoms with Crippen LogP contribution in [0, 0.1) is 23.5 Å². The summed E-state index contributed by atoms with van der Waals surface area (Å²) in [7, 11) is 0. The minimum atomic E-state index is -0.807. The highest BCUT2D eigenvalue weighted by Crippen LogP contribution is 2.34. The van der Waals surface area contributed by atoms with Crippen LogP contribution in [-0.2, 0) is 12.8 Å². The van der Waals surface area contributed by atoms with Gasteiger partial charge in [0.15, 0.2) is 11.6 Å². The first-order chi connectivity index (χ1) is 16.6. The molecule has 1 aliphatic rings. The first kappa shape index (κ1) is 26.8. The van der Waals surface area contributed by atoms with Gasteiger partial charge in [0.2, 0.25) is 0 Å². The number of hydrogen-bond acceptors (Lipinski definition) is 2. The molecule has 1 aromatic heterocycles. The van der Waals surface area contributed by atoms with Crippen molar-refractivity contribution < 1.29 is 8.78 Å². The molecule has 0 unspecified atom stereocenters. The van der Waals surface area contributed by atoms with Crippen LogP contribution in [0.15, 0.2) is 24.3 Å². The van der Waals surface area contributed by atoms with Gasteiger partial charge in [0.1, 0.15) is 0 Å². The maximum Gasteiger partial charge on any atom is 0.168 e. The maximum atomic E-state index is 14.7. The third-order valence-corrected chi connectivity index (χ3v) is 7.70. The predicted molar refractivity (Wildman–Crippen MR) is 138 cm³/mol. The Morgan fingerprint density at radius 2 is 1.35 bits per heavy atom. The smallest absolute Gasteiger partial charge is 0.168 e. The Bertz CT molecular complexity index is 842. The molecular weight excluding hydrogens is 426 g/mol. The maximum absolute atomic E-state index is 14.7. The lowest BCUT2D eigenvalue weighted by atomic mass is 9.78. The average molecular weight is 471 g/mol. The molecule has 1 aromatic carbocycles. The lowest BCUT2D eigenvalue weighted by Gasteiger charge is -2.28. The fourth-order valence-electron chi connectivity index (χ4n) is 5.38. The van der Waals surface area contributed by atoms with Crippen LogP contribution in [0.4, 0.5) is 8.78 Å². The summed E-state index contributed by atoms with van der Waals surface area (Å²) in [6, 6.07) is 7.05. The van der Waals surface area contributed by atoms with Crippen molar-refractivity contribution in [3.05, 3.63) is 47.2 Å². The molecule has 188 valence electrons. The van der Waals surface area contributed by atoms with E-state index in [1.165, 1.54) is 64.2 Å². The summed E-state index contributed by atoms with van der Waals surface area (Å²) in [4.78, 5) is 0. The molecule has 1 heterocycles. The van der Waals surface area contributed by atoms with E-state index in [1.807, 2.05) is 6.07 Å². The van der Waals surface area contributed by atoms with Gasteiger partial charge in [0, 0.05) is 5.56 Å². The summed E-state index contributed by atoms with van der Waals surface area (Å²) in [5.74, 6) is 0.170. The van der Waals surface area contributed by atoms with Crippen molar-refractivity contribution in [3.8, 4) is 11.3 Å². The molecule has 2 aromatic rings. The average Bonchev–Trinajstić information content (AvgIpc) is 2.86. The molecule has 3 rings (SSSR count). The highest BCUT2D eigenvalue weighted by atomic mass is 19.2. The van der Waals surface area contributed by atoms with Gasteiger partial charge in [-0.05, 0) is 61.3 Å². The van der Waals surface area contributed by atoms with Crippen LogP contribution in [-0.4, -0.2) is 10.2 Å². The van der Waals surface area contributed by atoms with E-state index in [9.17, 15) is 8.78 Å². The van der Waals surface area contributed by atoms with Gasteiger partial charge in [-0.15, -0.1) is 0 Å². The van der Waals surface area contributed by atoms with E-state index in [1.54, 1.807) is 18.2 Å². The topological polar surface area (TPSA) is 25.8 Å². The van der Waals surface area contributed by atoms with E-state index in [-0.39, 0.29) is 5.56 Å². The van der Waals surface area contributed by atoms with Crippen LogP contribution in [0.25, 0.3) is 11.3 Å². The number of halogens is 2. The van der Waals surface area contributed by atoms with Crippen molar-refractivity contribution in [2.45, 2.75) is 117 Å². The Labute approximate surface area is 206 Å². The second kappa shape index (κ2) is 14.5. The van der Waals surface area contributed by atoms with Gasteiger partial charge in [-0.25, -0.2) is 8.78 Å². The molecule has 0 atom stereocenters. The van der Waals surface area contributed by atoms with E-state index < -0.39 is 11.6 Å². The highest BCUT2D eigenvalue weighted by molar-refractivity contribution is 5.60. The summed E-state index contributed by atoms with van der Waals surface area (Å²) in [5, 5.41) is 8.56. The van der Waals surface area contributed by atoms with E-state index in [0.29, 0.717) is 17.7 Å². The molecule has 4 heteroatoms. The van der Waals surface area contributed by atoms with Gasteiger partial charge in [-0.1, -0.05) is 97.0 Å². The van der Waals surface area contributed by atoms with Crippen LogP contribution in [0.2, 0.25) is 0 Å². The summed E-state index contributed by atoms with van der Waals surface area (Å²) in [6.07, 6.45) is 19.3. The monoisotopic (exact) mass is 470 g/mol. The quantitative estimate of drug-likeness (QED) is 0.257. The van der Waals surface area contributed by atoms with Gasteiger partial charge >= 0.3 is 0 Å². The Morgan fingerprint density at radius 1 is 0.676 bits per heavy atom. The summed E-state index contributed by atoms with van der Waals surface area (Å²) < 4.78 is 29.2. The van der Waals surface area contributed by atoms with Crippen molar-refractivity contribution in [2.75, 3.05) is 0 Å².